The molecule has 0 aromatic heterocycles. The van der Waals surface area contributed by atoms with E-state index in [0.29, 0.717) is 27.8 Å². The van der Waals surface area contributed by atoms with Crippen molar-refractivity contribution in [3.63, 3.8) is 0 Å². The highest BCUT2D eigenvalue weighted by molar-refractivity contribution is 6.36. The predicted octanol–water partition coefficient (Wildman–Crippen LogP) is 6.85. The van der Waals surface area contributed by atoms with E-state index >= 15 is 0 Å². The highest BCUT2D eigenvalue weighted by atomic mass is 35.5. The zero-order valence-corrected chi connectivity index (χ0v) is 24.2. The zero-order valence-electron chi connectivity index (χ0n) is 22.7. The van der Waals surface area contributed by atoms with E-state index in [0.717, 1.165) is 28.7 Å². The maximum Gasteiger partial charge on any atom is 0.261 e. The van der Waals surface area contributed by atoms with Gasteiger partial charge in [0.15, 0.2) is 6.61 Å². The first-order valence-corrected chi connectivity index (χ1v) is 13.6. The van der Waals surface area contributed by atoms with Crippen molar-refractivity contribution in [1.29, 1.82) is 0 Å². The summed E-state index contributed by atoms with van der Waals surface area (Å²) in [4.78, 5) is 29.0. The topological polar surface area (TPSA) is 58.6 Å². The molecule has 0 fully saturated rings. The lowest BCUT2D eigenvalue weighted by Gasteiger charge is -2.32. The number of halogens is 2. The number of amides is 2. The number of carbonyl (C=O) groups excluding carboxylic acids is 2. The molecule has 2 unspecified atom stereocenters. The second-order valence-electron chi connectivity index (χ2n) is 9.74. The van der Waals surface area contributed by atoms with Gasteiger partial charge in [-0.15, -0.1) is 0 Å². The van der Waals surface area contributed by atoms with E-state index in [9.17, 15) is 9.59 Å². The lowest BCUT2D eigenvalue weighted by atomic mass is 10.0. The van der Waals surface area contributed by atoms with E-state index in [1.165, 1.54) is 4.90 Å². The molecule has 38 heavy (non-hydrogen) atoms. The quantitative estimate of drug-likeness (QED) is 0.282. The summed E-state index contributed by atoms with van der Waals surface area (Å²) in [6.45, 7) is 9.75. The lowest BCUT2D eigenvalue weighted by Crippen LogP contribution is -2.53. The van der Waals surface area contributed by atoms with Gasteiger partial charge in [0.1, 0.15) is 11.8 Å². The van der Waals surface area contributed by atoms with Crippen molar-refractivity contribution in [1.82, 2.24) is 10.2 Å². The minimum atomic E-state index is -0.796. The fourth-order valence-electron chi connectivity index (χ4n) is 4.22. The van der Waals surface area contributed by atoms with Crippen molar-refractivity contribution in [3.8, 4) is 5.75 Å². The molecule has 0 bridgehead atoms. The summed E-state index contributed by atoms with van der Waals surface area (Å²) in [5, 5.41) is 3.92. The van der Waals surface area contributed by atoms with Gasteiger partial charge in [-0.05, 0) is 74.6 Å². The van der Waals surface area contributed by atoms with Gasteiger partial charge >= 0.3 is 0 Å². The smallest absolute Gasteiger partial charge is 0.261 e. The van der Waals surface area contributed by atoms with Crippen LogP contribution in [0.15, 0.2) is 60.7 Å². The van der Waals surface area contributed by atoms with E-state index in [2.05, 4.69) is 11.4 Å². The van der Waals surface area contributed by atoms with Crippen LogP contribution < -0.4 is 10.1 Å². The van der Waals surface area contributed by atoms with Crippen LogP contribution in [0.5, 0.6) is 5.75 Å². The van der Waals surface area contributed by atoms with E-state index in [1.54, 1.807) is 18.2 Å². The van der Waals surface area contributed by atoms with Crippen molar-refractivity contribution in [2.45, 2.75) is 66.1 Å². The maximum atomic E-state index is 13.9. The van der Waals surface area contributed by atoms with Crippen LogP contribution in [0.1, 0.15) is 48.1 Å². The monoisotopic (exact) mass is 554 g/mol. The van der Waals surface area contributed by atoms with Crippen LogP contribution in [0, 0.1) is 20.8 Å². The van der Waals surface area contributed by atoms with Gasteiger partial charge in [0, 0.05) is 34.6 Å². The molecule has 3 rings (SSSR count). The van der Waals surface area contributed by atoms with Crippen LogP contribution in [-0.2, 0) is 22.6 Å². The van der Waals surface area contributed by atoms with E-state index in [1.807, 2.05) is 71.0 Å². The molecule has 2 amide bonds. The average molecular weight is 556 g/mol. The SMILES string of the molecule is CCC(C)NC(=O)C(Cc1ccccc1)N(Cc1c(Cl)cccc1Cl)C(=O)COc1cc(C)cc(C)c1C. The summed E-state index contributed by atoms with van der Waals surface area (Å²) < 4.78 is 6.03. The van der Waals surface area contributed by atoms with Gasteiger partial charge in [0.25, 0.3) is 5.91 Å². The van der Waals surface area contributed by atoms with Crippen molar-refractivity contribution >= 4 is 35.0 Å². The van der Waals surface area contributed by atoms with E-state index in [4.69, 9.17) is 27.9 Å². The molecule has 202 valence electrons. The Hall–Kier alpha value is -3.02. The van der Waals surface area contributed by atoms with Gasteiger partial charge < -0.3 is 15.0 Å². The van der Waals surface area contributed by atoms with E-state index in [-0.39, 0.29) is 31.0 Å². The van der Waals surface area contributed by atoms with E-state index < -0.39 is 6.04 Å². The molecule has 5 nitrogen and oxygen atoms in total. The fourth-order valence-corrected chi connectivity index (χ4v) is 4.74. The van der Waals surface area contributed by atoms with Gasteiger partial charge in [-0.25, -0.2) is 0 Å². The number of nitrogens with zero attached hydrogens (tertiary/aromatic N) is 1. The Morgan fingerprint density at radius 1 is 0.974 bits per heavy atom. The number of hydrogen-bond donors (Lipinski definition) is 1. The summed E-state index contributed by atoms with van der Waals surface area (Å²) in [5.41, 5.74) is 4.62. The van der Waals surface area contributed by atoms with Gasteiger partial charge in [-0.3, -0.25) is 9.59 Å². The molecule has 7 heteroatoms. The van der Waals surface area contributed by atoms with Crippen molar-refractivity contribution in [3.05, 3.63) is 98.5 Å². The zero-order chi connectivity index (χ0) is 27.8. The summed E-state index contributed by atoms with van der Waals surface area (Å²) in [6, 6.07) is 18.0. The average Bonchev–Trinajstić information content (AvgIpc) is 2.89. The molecule has 2 atom stereocenters. The second-order valence-corrected chi connectivity index (χ2v) is 10.6. The molecule has 0 aliphatic carbocycles. The minimum absolute atomic E-state index is 0.0456. The molecule has 0 saturated heterocycles. The van der Waals surface area contributed by atoms with Gasteiger partial charge in [0.2, 0.25) is 5.91 Å². The maximum absolute atomic E-state index is 13.9. The second kappa shape index (κ2) is 13.7. The Kier molecular flexibility index (Phi) is 10.6. The molecule has 0 aliphatic heterocycles. The van der Waals surface area contributed by atoms with Crippen molar-refractivity contribution in [2.75, 3.05) is 6.61 Å². The Morgan fingerprint density at radius 3 is 2.26 bits per heavy atom. The molecule has 0 spiro atoms. The summed E-state index contributed by atoms with van der Waals surface area (Å²) >= 11 is 13.0. The number of hydrogen-bond acceptors (Lipinski definition) is 3. The summed E-state index contributed by atoms with van der Waals surface area (Å²) in [7, 11) is 0. The highest BCUT2D eigenvalue weighted by Gasteiger charge is 2.32. The molecular formula is C31H36Cl2N2O3. The third-order valence-electron chi connectivity index (χ3n) is 6.78. The first kappa shape index (κ1) is 29.5. The Labute approximate surface area is 236 Å². The molecule has 0 radical (unpaired) electrons. The molecule has 0 heterocycles. The third kappa shape index (κ3) is 7.75. The van der Waals surface area contributed by atoms with Crippen molar-refractivity contribution in [2.24, 2.45) is 0 Å². The van der Waals surface area contributed by atoms with Gasteiger partial charge in [-0.2, -0.15) is 0 Å². The highest BCUT2D eigenvalue weighted by Crippen LogP contribution is 2.28. The number of rotatable bonds is 11. The number of ether oxygens (including phenoxy) is 1. The number of aryl methyl sites for hydroxylation is 2. The normalized spacial score (nSPS) is 12.5. The van der Waals surface area contributed by atoms with Crippen LogP contribution in [0.25, 0.3) is 0 Å². The summed E-state index contributed by atoms with van der Waals surface area (Å²) in [5.74, 6) is 0.0809. The molecule has 3 aromatic carbocycles. The molecule has 0 saturated carbocycles. The molecule has 0 aliphatic rings. The minimum Gasteiger partial charge on any atom is -0.483 e. The Bertz CT molecular complexity index is 1240. The standard InChI is InChI=1S/C31H36Cl2N2O3/c1-6-22(4)34-31(37)28(17-24-11-8-7-9-12-24)35(18-25-26(32)13-10-14-27(25)33)30(36)19-38-29-16-20(2)15-21(3)23(29)5/h7-16,22,28H,6,17-19H2,1-5H3,(H,34,37). The van der Waals surface area contributed by atoms with Crippen LogP contribution in [0.4, 0.5) is 0 Å². The number of nitrogens with one attached hydrogen (secondary N) is 1. The van der Waals surface area contributed by atoms with Gasteiger partial charge in [0.05, 0.1) is 0 Å². The van der Waals surface area contributed by atoms with Crippen LogP contribution in [0.2, 0.25) is 10.0 Å². The van der Waals surface area contributed by atoms with Gasteiger partial charge in [-0.1, -0.05) is 72.6 Å². The molecular weight excluding hydrogens is 519 g/mol. The number of benzene rings is 3. The Balaban J connectivity index is 1.99. The number of carbonyl (C=O) groups is 2. The fraction of sp³-hybridized carbons (Fsp3) is 0.355. The van der Waals surface area contributed by atoms with Crippen LogP contribution >= 0.6 is 23.2 Å². The third-order valence-corrected chi connectivity index (χ3v) is 7.49. The lowest BCUT2D eigenvalue weighted by molar-refractivity contribution is -0.143. The first-order valence-electron chi connectivity index (χ1n) is 12.9. The summed E-state index contributed by atoms with van der Waals surface area (Å²) in [6.07, 6.45) is 1.10. The Morgan fingerprint density at radius 2 is 1.63 bits per heavy atom. The molecule has 3 aromatic rings. The van der Waals surface area contributed by atoms with Crippen LogP contribution in [0.3, 0.4) is 0 Å². The first-order chi connectivity index (χ1) is 18.1. The predicted molar refractivity (Wildman–Crippen MR) is 155 cm³/mol. The largest absolute Gasteiger partial charge is 0.483 e. The molecule has 1 N–H and O–H groups in total. The van der Waals surface area contributed by atoms with Crippen molar-refractivity contribution < 1.29 is 14.3 Å². The van der Waals surface area contributed by atoms with Crippen LogP contribution in [-0.4, -0.2) is 35.4 Å².